The number of carbonyl (C=O) groups excluding carboxylic acids is 1. The molecule has 0 spiro atoms. The van der Waals surface area contributed by atoms with Crippen molar-refractivity contribution in [1.29, 1.82) is 0 Å². The Morgan fingerprint density at radius 1 is 1.50 bits per heavy atom. The molecule has 0 amide bonds. The molecule has 1 saturated heterocycles. The Balaban J connectivity index is 2.06. The molecule has 2 atom stereocenters. The van der Waals surface area contributed by atoms with Gasteiger partial charge in [-0.3, -0.25) is 4.79 Å². The Bertz CT molecular complexity index is 541. The molecule has 1 N–H and O–H groups in total. The van der Waals surface area contributed by atoms with Gasteiger partial charge in [0.1, 0.15) is 0 Å². The van der Waals surface area contributed by atoms with Crippen molar-refractivity contribution in [3.05, 3.63) is 21.9 Å². The highest BCUT2D eigenvalue weighted by Gasteiger charge is 2.36. The highest BCUT2D eigenvalue weighted by molar-refractivity contribution is 7.11. The molecule has 5 nitrogen and oxygen atoms in total. The number of hydrogen-bond donors (Lipinski definition) is 1. The van der Waals surface area contributed by atoms with Gasteiger partial charge in [-0.2, -0.15) is 0 Å². The Morgan fingerprint density at radius 3 is 2.86 bits per heavy atom. The van der Waals surface area contributed by atoms with Crippen molar-refractivity contribution < 1.29 is 9.53 Å². The fourth-order valence-electron chi connectivity index (χ4n) is 2.75. The molecule has 0 radical (unpaired) electrons. The average molecular weight is 323 g/mol. The summed E-state index contributed by atoms with van der Waals surface area (Å²) in [5.74, 6) is 0.963. The molecule has 0 aromatic carbocycles. The highest BCUT2D eigenvalue weighted by atomic mass is 32.1. The van der Waals surface area contributed by atoms with Crippen LogP contribution in [0.25, 0.3) is 0 Å². The number of ether oxygens (including phenoxy) is 1. The predicted molar refractivity (Wildman–Crippen MR) is 90.1 cm³/mol. The van der Waals surface area contributed by atoms with Gasteiger partial charge in [-0.1, -0.05) is 6.92 Å². The molecule has 1 aliphatic rings. The second-order valence-corrected chi connectivity index (χ2v) is 7.07. The van der Waals surface area contributed by atoms with Crippen LogP contribution in [0.15, 0.2) is 17.1 Å². The second kappa shape index (κ2) is 7.63. The summed E-state index contributed by atoms with van der Waals surface area (Å²) in [6, 6.07) is 4.24. The lowest BCUT2D eigenvalue weighted by Crippen LogP contribution is -2.40. The summed E-state index contributed by atoms with van der Waals surface area (Å²) in [4.78, 5) is 21.3. The topological polar surface area (TPSA) is 53.9 Å². The summed E-state index contributed by atoms with van der Waals surface area (Å²) in [6.07, 6.45) is 0. The molecule has 122 valence electrons. The summed E-state index contributed by atoms with van der Waals surface area (Å²) >= 11 is 1.77. The van der Waals surface area contributed by atoms with Crippen molar-refractivity contribution >= 4 is 23.3 Å². The van der Waals surface area contributed by atoms with Gasteiger partial charge in [0.2, 0.25) is 0 Å². The number of aryl methyl sites for hydroxylation is 1. The van der Waals surface area contributed by atoms with Crippen molar-refractivity contribution in [1.82, 2.24) is 10.2 Å². The number of esters is 1. The van der Waals surface area contributed by atoms with Crippen LogP contribution in [0.2, 0.25) is 0 Å². The number of hydrogen-bond acceptors (Lipinski definition) is 4. The number of rotatable bonds is 4. The van der Waals surface area contributed by atoms with Gasteiger partial charge < -0.3 is 15.0 Å². The first-order valence-corrected chi connectivity index (χ1v) is 8.53. The van der Waals surface area contributed by atoms with Crippen LogP contribution in [-0.4, -0.2) is 43.6 Å². The van der Waals surface area contributed by atoms with Gasteiger partial charge in [0.05, 0.1) is 19.6 Å². The molecule has 6 heteroatoms. The monoisotopic (exact) mass is 323 g/mol. The number of methoxy groups -OCH3 is 1. The van der Waals surface area contributed by atoms with E-state index in [1.165, 1.54) is 16.9 Å². The fraction of sp³-hybridized carbons (Fsp3) is 0.625. The van der Waals surface area contributed by atoms with Crippen LogP contribution >= 0.6 is 11.3 Å². The lowest BCUT2D eigenvalue weighted by molar-refractivity contribution is -0.145. The highest BCUT2D eigenvalue weighted by Crippen LogP contribution is 2.24. The first-order chi connectivity index (χ1) is 10.5. The van der Waals surface area contributed by atoms with Gasteiger partial charge in [-0.25, -0.2) is 4.99 Å². The molecule has 1 fully saturated rings. The maximum atomic E-state index is 11.8. The normalized spacial score (nSPS) is 22.0. The fourth-order valence-corrected chi connectivity index (χ4v) is 3.56. The third kappa shape index (κ3) is 4.00. The van der Waals surface area contributed by atoms with E-state index in [-0.39, 0.29) is 17.8 Å². The molecule has 2 unspecified atom stereocenters. The quantitative estimate of drug-likeness (QED) is 0.525. The maximum Gasteiger partial charge on any atom is 0.310 e. The Kier molecular flexibility index (Phi) is 5.83. The summed E-state index contributed by atoms with van der Waals surface area (Å²) in [6.45, 7) is 9.24. The summed E-state index contributed by atoms with van der Waals surface area (Å²) in [7, 11) is 1.45. The van der Waals surface area contributed by atoms with E-state index in [1.807, 2.05) is 0 Å². The number of thiophene rings is 1. The van der Waals surface area contributed by atoms with Crippen LogP contribution in [-0.2, 0) is 16.1 Å². The van der Waals surface area contributed by atoms with Crippen LogP contribution in [0.4, 0.5) is 0 Å². The molecule has 1 aliphatic heterocycles. The summed E-state index contributed by atoms with van der Waals surface area (Å²) in [5.41, 5.74) is 0. The molecule has 22 heavy (non-hydrogen) atoms. The summed E-state index contributed by atoms with van der Waals surface area (Å²) in [5, 5.41) is 3.33. The molecular formula is C16H25N3O2S. The van der Waals surface area contributed by atoms with Crippen molar-refractivity contribution in [2.24, 2.45) is 16.8 Å². The average Bonchev–Trinajstić information content (AvgIpc) is 3.08. The Morgan fingerprint density at radius 2 is 2.27 bits per heavy atom. The van der Waals surface area contributed by atoms with E-state index in [4.69, 9.17) is 9.73 Å². The number of aliphatic imine (C=N–C) groups is 1. The third-order valence-electron chi connectivity index (χ3n) is 3.93. The minimum Gasteiger partial charge on any atom is -0.469 e. The molecule has 2 rings (SSSR count). The molecule has 0 aliphatic carbocycles. The standard InChI is InChI=1S/C16H25N3O2S/c1-5-17-16(18-8-13-7-6-12(3)22-13)19-9-11(2)14(10-19)15(20)21-4/h6-7,11,14H,5,8-10H2,1-4H3,(H,17,18). The SMILES string of the molecule is CCNC(=NCc1ccc(C)s1)N1CC(C)C(C(=O)OC)C1. The van der Waals surface area contributed by atoms with Gasteiger partial charge >= 0.3 is 5.97 Å². The maximum absolute atomic E-state index is 11.8. The van der Waals surface area contributed by atoms with Gasteiger partial charge in [0, 0.05) is 29.4 Å². The number of guanidine groups is 1. The molecule has 0 saturated carbocycles. The predicted octanol–water partition coefficient (Wildman–Crippen LogP) is 2.26. The van der Waals surface area contributed by atoms with E-state index in [1.54, 1.807) is 11.3 Å². The lowest BCUT2D eigenvalue weighted by atomic mass is 9.99. The van der Waals surface area contributed by atoms with Crippen molar-refractivity contribution in [2.75, 3.05) is 26.7 Å². The minimum absolute atomic E-state index is 0.0714. The number of carbonyl (C=O) groups is 1. The van der Waals surface area contributed by atoms with Crippen LogP contribution in [0.3, 0.4) is 0 Å². The zero-order valence-corrected chi connectivity index (χ0v) is 14.6. The van der Waals surface area contributed by atoms with Crippen LogP contribution in [0, 0.1) is 18.8 Å². The minimum atomic E-state index is -0.125. The van der Waals surface area contributed by atoms with E-state index in [9.17, 15) is 4.79 Å². The molecule has 1 aromatic rings. The third-order valence-corrected chi connectivity index (χ3v) is 4.92. The van der Waals surface area contributed by atoms with Crippen LogP contribution < -0.4 is 5.32 Å². The van der Waals surface area contributed by atoms with E-state index < -0.39 is 0 Å². The first-order valence-electron chi connectivity index (χ1n) is 7.71. The van der Waals surface area contributed by atoms with Gasteiger partial charge in [-0.15, -0.1) is 11.3 Å². The largest absolute Gasteiger partial charge is 0.469 e. The Labute approximate surface area is 136 Å². The number of nitrogens with one attached hydrogen (secondary N) is 1. The zero-order chi connectivity index (χ0) is 16.1. The van der Waals surface area contributed by atoms with E-state index in [0.717, 1.165) is 19.0 Å². The molecule has 1 aromatic heterocycles. The van der Waals surface area contributed by atoms with Crippen molar-refractivity contribution in [3.63, 3.8) is 0 Å². The van der Waals surface area contributed by atoms with Gasteiger partial charge in [-0.05, 0) is 31.9 Å². The van der Waals surface area contributed by atoms with Crippen LogP contribution in [0.5, 0.6) is 0 Å². The van der Waals surface area contributed by atoms with Crippen molar-refractivity contribution in [3.8, 4) is 0 Å². The smallest absolute Gasteiger partial charge is 0.310 e. The first kappa shape index (κ1) is 16.8. The van der Waals surface area contributed by atoms with E-state index >= 15 is 0 Å². The van der Waals surface area contributed by atoms with Crippen LogP contribution in [0.1, 0.15) is 23.6 Å². The lowest BCUT2D eigenvalue weighted by Gasteiger charge is -2.21. The molecule has 0 bridgehead atoms. The van der Waals surface area contributed by atoms with Crippen molar-refractivity contribution in [2.45, 2.75) is 27.3 Å². The van der Waals surface area contributed by atoms with E-state index in [2.05, 4.69) is 43.1 Å². The number of likely N-dealkylation sites (tertiary alicyclic amines) is 1. The zero-order valence-electron chi connectivity index (χ0n) is 13.8. The van der Waals surface area contributed by atoms with E-state index in [0.29, 0.717) is 13.1 Å². The Hall–Kier alpha value is -1.56. The molecule has 2 heterocycles. The van der Waals surface area contributed by atoms with Gasteiger partial charge in [0.15, 0.2) is 5.96 Å². The molecular weight excluding hydrogens is 298 g/mol. The van der Waals surface area contributed by atoms with Gasteiger partial charge in [0.25, 0.3) is 0 Å². The number of nitrogens with zero attached hydrogens (tertiary/aromatic N) is 2. The second-order valence-electron chi connectivity index (χ2n) is 5.69. The summed E-state index contributed by atoms with van der Waals surface area (Å²) < 4.78 is 4.90.